The highest BCUT2D eigenvalue weighted by atomic mass is 16.3. The van der Waals surface area contributed by atoms with E-state index in [0.29, 0.717) is 29.3 Å². The predicted molar refractivity (Wildman–Crippen MR) is 191 cm³/mol. The van der Waals surface area contributed by atoms with Crippen LogP contribution in [0, 0.1) is 11.8 Å². The van der Waals surface area contributed by atoms with E-state index in [1.165, 1.54) is 11.1 Å². The quantitative estimate of drug-likeness (QED) is 0.196. The molecule has 2 heterocycles. The molecule has 0 N–H and O–H groups in total. The predicted octanol–water partition coefficient (Wildman–Crippen LogP) is 10.8. The molecule has 0 bridgehead atoms. The first-order valence-corrected chi connectivity index (χ1v) is 16.0. The Hall–Kier alpha value is -6.13. The van der Waals surface area contributed by atoms with Gasteiger partial charge in [-0.05, 0) is 34.9 Å². The van der Waals surface area contributed by atoms with Crippen LogP contribution >= 0.6 is 0 Å². The molecule has 7 aromatic rings. The molecule has 4 nitrogen and oxygen atoms in total. The summed E-state index contributed by atoms with van der Waals surface area (Å²) in [5.74, 6) is 2.62. The third-order valence-electron chi connectivity index (χ3n) is 9.09. The van der Waals surface area contributed by atoms with Gasteiger partial charge >= 0.3 is 0 Å². The number of benzene rings is 5. The first kappa shape index (κ1) is 27.2. The molecule has 2 aromatic heterocycles. The summed E-state index contributed by atoms with van der Waals surface area (Å²) in [5.41, 5.74) is 8.97. The maximum Gasteiger partial charge on any atom is 0.164 e. The Balaban J connectivity index is 1.27. The number of fused-ring (bicyclic) bond motifs is 4. The summed E-state index contributed by atoms with van der Waals surface area (Å²) in [6.07, 6.45) is 15.8. The topological polar surface area (TPSA) is 51.8 Å². The standard InChI is InChI=1S/C43H29N3O/c1-3-14-29(15-4-1)41-44-42(30-16-5-2-6-17-30)46-43(45-41)37-26-25-35(40-39(37)36-21-11-12-22-38(36)47-40)34-20-10-9-19-33(34)32-24-23-28-13-7-8-18-31(28)27-32/h1-28,31H. The number of nitrogens with zero attached hydrogens (tertiary/aromatic N) is 3. The van der Waals surface area contributed by atoms with Gasteiger partial charge in [0.25, 0.3) is 0 Å². The minimum Gasteiger partial charge on any atom is -0.455 e. The number of aromatic nitrogens is 3. The van der Waals surface area contributed by atoms with Crippen molar-refractivity contribution in [2.75, 3.05) is 0 Å². The van der Waals surface area contributed by atoms with Crippen LogP contribution in [0.15, 0.2) is 168 Å². The summed E-state index contributed by atoms with van der Waals surface area (Å²) in [5, 5.41) is 2.02. The molecule has 2 aliphatic rings. The van der Waals surface area contributed by atoms with E-state index in [2.05, 4.69) is 91.1 Å². The molecule has 5 aromatic carbocycles. The first-order chi connectivity index (χ1) is 23.3. The fraction of sp³-hybridized carbons (Fsp3) is 0.0465. The highest BCUT2D eigenvalue weighted by Gasteiger charge is 2.24. The van der Waals surface area contributed by atoms with Crippen molar-refractivity contribution >= 4 is 27.5 Å². The van der Waals surface area contributed by atoms with Crippen LogP contribution in [0.2, 0.25) is 0 Å². The molecule has 47 heavy (non-hydrogen) atoms. The van der Waals surface area contributed by atoms with Crippen molar-refractivity contribution in [2.45, 2.75) is 0 Å². The normalized spacial score (nSPS) is 16.8. The van der Waals surface area contributed by atoms with Gasteiger partial charge in [0, 0.05) is 44.9 Å². The van der Waals surface area contributed by atoms with E-state index in [1.807, 2.05) is 72.8 Å². The molecule has 9 rings (SSSR count). The van der Waals surface area contributed by atoms with Gasteiger partial charge in [0.2, 0.25) is 0 Å². The van der Waals surface area contributed by atoms with E-state index in [1.54, 1.807) is 0 Å². The molecular weight excluding hydrogens is 574 g/mol. The molecule has 2 unspecified atom stereocenters. The van der Waals surface area contributed by atoms with Gasteiger partial charge in [0.1, 0.15) is 11.2 Å². The van der Waals surface area contributed by atoms with Crippen molar-refractivity contribution in [3.05, 3.63) is 169 Å². The summed E-state index contributed by atoms with van der Waals surface area (Å²) in [4.78, 5) is 15.1. The largest absolute Gasteiger partial charge is 0.455 e. The zero-order valence-corrected chi connectivity index (χ0v) is 25.5. The highest BCUT2D eigenvalue weighted by Crippen LogP contribution is 2.44. The lowest BCUT2D eigenvalue weighted by molar-refractivity contribution is 0.663. The van der Waals surface area contributed by atoms with Crippen LogP contribution < -0.4 is 0 Å². The molecular formula is C43H29N3O. The SMILES string of the molecule is C1=CC2C=CC(c3ccccc3-c3ccc(-c4nc(-c5ccccc5)nc(-c5ccccc5)n4)c4c3oc3ccccc34)=CC2C=C1. The average Bonchev–Trinajstić information content (AvgIpc) is 3.55. The Morgan fingerprint density at radius 1 is 0.468 bits per heavy atom. The summed E-state index contributed by atoms with van der Waals surface area (Å²) >= 11 is 0. The first-order valence-electron chi connectivity index (χ1n) is 16.0. The Kier molecular flexibility index (Phi) is 6.57. The molecule has 0 spiro atoms. The van der Waals surface area contributed by atoms with Crippen LogP contribution in [0.25, 0.3) is 72.8 Å². The van der Waals surface area contributed by atoms with Gasteiger partial charge in [0.15, 0.2) is 17.5 Å². The van der Waals surface area contributed by atoms with E-state index in [-0.39, 0.29) is 0 Å². The van der Waals surface area contributed by atoms with Crippen LogP contribution in [0.4, 0.5) is 0 Å². The summed E-state index contributed by atoms with van der Waals surface area (Å²) in [6, 6.07) is 41.3. The lowest BCUT2D eigenvalue weighted by atomic mass is 9.80. The van der Waals surface area contributed by atoms with E-state index in [4.69, 9.17) is 19.4 Å². The number of furan rings is 1. The molecule has 0 saturated heterocycles. The number of rotatable bonds is 5. The second-order valence-corrected chi connectivity index (χ2v) is 12.0. The molecule has 0 radical (unpaired) electrons. The van der Waals surface area contributed by atoms with Crippen molar-refractivity contribution in [3.8, 4) is 45.3 Å². The molecule has 4 heteroatoms. The third kappa shape index (κ3) is 4.82. The van der Waals surface area contributed by atoms with Crippen molar-refractivity contribution in [3.63, 3.8) is 0 Å². The minimum atomic E-state index is 0.350. The lowest BCUT2D eigenvalue weighted by Crippen LogP contribution is -2.11. The van der Waals surface area contributed by atoms with E-state index >= 15 is 0 Å². The van der Waals surface area contributed by atoms with Crippen LogP contribution in [0.1, 0.15) is 5.56 Å². The molecule has 2 atom stereocenters. The van der Waals surface area contributed by atoms with Crippen molar-refractivity contribution in [1.29, 1.82) is 0 Å². The third-order valence-corrected chi connectivity index (χ3v) is 9.09. The summed E-state index contributed by atoms with van der Waals surface area (Å²) < 4.78 is 6.73. The molecule has 2 aliphatic carbocycles. The molecule has 0 saturated carbocycles. The van der Waals surface area contributed by atoms with Gasteiger partial charge in [-0.3, -0.25) is 0 Å². The zero-order chi connectivity index (χ0) is 31.2. The van der Waals surface area contributed by atoms with Crippen LogP contribution in [-0.4, -0.2) is 15.0 Å². The molecule has 222 valence electrons. The Bertz CT molecular complexity index is 2360. The average molecular weight is 604 g/mol. The smallest absolute Gasteiger partial charge is 0.164 e. The maximum absolute atomic E-state index is 6.73. The summed E-state index contributed by atoms with van der Waals surface area (Å²) in [6.45, 7) is 0. The number of para-hydroxylation sites is 1. The van der Waals surface area contributed by atoms with Crippen molar-refractivity contribution in [1.82, 2.24) is 15.0 Å². The van der Waals surface area contributed by atoms with Gasteiger partial charge in [0.05, 0.1) is 0 Å². The zero-order valence-electron chi connectivity index (χ0n) is 25.5. The van der Waals surface area contributed by atoms with E-state index in [9.17, 15) is 0 Å². The number of hydrogen-bond donors (Lipinski definition) is 0. The fourth-order valence-electron chi connectivity index (χ4n) is 6.78. The van der Waals surface area contributed by atoms with Crippen LogP contribution in [0.5, 0.6) is 0 Å². The van der Waals surface area contributed by atoms with Gasteiger partial charge in [-0.25, -0.2) is 15.0 Å². The molecule has 0 fully saturated rings. The van der Waals surface area contributed by atoms with Gasteiger partial charge in [-0.1, -0.05) is 146 Å². The lowest BCUT2D eigenvalue weighted by Gasteiger charge is -2.24. The number of hydrogen-bond acceptors (Lipinski definition) is 4. The Morgan fingerprint density at radius 2 is 1.06 bits per heavy atom. The van der Waals surface area contributed by atoms with E-state index in [0.717, 1.165) is 49.8 Å². The van der Waals surface area contributed by atoms with Gasteiger partial charge in [-0.15, -0.1) is 0 Å². The number of allylic oxidation sites excluding steroid dienone is 8. The summed E-state index contributed by atoms with van der Waals surface area (Å²) in [7, 11) is 0. The van der Waals surface area contributed by atoms with Crippen molar-refractivity contribution in [2.24, 2.45) is 11.8 Å². The van der Waals surface area contributed by atoms with Gasteiger partial charge in [-0.2, -0.15) is 0 Å². The minimum absolute atomic E-state index is 0.350. The Labute approximate surface area is 272 Å². The van der Waals surface area contributed by atoms with Gasteiger partial charge < -0.3 is 4.42 Å². The monoisotopic (exact) mass is 603 g/mol. The second kappa shape index (κ2) is 11.3. The van der Waals surface area contributed by atoms with Crippen LogP contribution in [0.3, 0.4) is 0 Å². The molecule has 0 aliphatic heterocycles. The second-order valence-electron chi connectivity index (χ2n) is 12.0. The Morgan fingerprint density at radius 3 is 1.81 bits per heavy atom. The van der Waals surface area contributed by atoms with Crippen LogP contribution in [-0.2, 0) is 0 Å². The van der Waals surface area contributed by atoms with E-state index < -0.39 is 0 Å². The van der Waals surface area contributed by atoms with Crippen molar-refractivity contribution < 1.29 is 4.42 Å². The maximum atomic E-state index is 6.73. The fourth-order valence-corrected chi connectivity index (χ4v) is 6.78. The molecule has 0 amide bonds. The highest BCUT2D eigenvalue weighted by molar-refractivity contribution is 6.16.